The fourth-order valence-corrected chi connectivity index (χ4v) is 1.14. The number of aliphatic hydroxyl groups excluding tert-OH is 2. The zero-order valence-electron chi connectivity index (χ0n) is 13.9. The number of carboxylic acid groups (broad SMARTS) is 3. The smallest absolute Gasteiger partial charge is 0.304 e. The molecule has 0 aliphatic carbocycles. The van der Waals surface area contributed by atoms with Gasteiger partial charge in [-0.05, 0) is 0 Å². The van der Waals surface area contributed by atoms with Gasteiger partial charge in [-0.2, -0.15) is 37.9 Å². The molecule has 0 atom stereocenters. The van der Waals surface area contributed by atoms with Gasteiger partial charge in [-0.25, -0.2) is 0 Å². The van der Waals surface area contributed by atoms with E-state index in [1.54, 1.807) is 0 Å². The molecule has 9 nitrogen and oxygen atoms in total. The van der Waals surface area contributed by atoms with Crippen molar-refractivity contribution >= 4 is 55.8 Å². The van der Waals surface area contributed by atoms with Gasteiger partial charge in [-0.1, -0.05) is 0 Å². The van der Waals surface area contributed by atoms with Gasteiger partial charge in [0.25, 0.3) is 0 Å². The summed E-state index contributed by atoms with van der Waals surface area (Å²) in [6.45, 7) is 1.42. The number of aliphatic carboxylic acids is 3. The Kier molecular flexibility index (Phi) is 39.9. The van der Waals surface area contributed by atoms with E-state index in [0.29, 0.717) is 30.3 Å². The van der Waals surface area contributed by atoms with Gasteiger partial charge in [0.1, 0.15) is 0 Å². The van der Waals surface area contributed by atoms with Gasteiger partial charge in [-0.3, -0.25) is 14.4 Å². The van der Waals surface area contributed by atoms with E-state index in [1.165, 1.54) is 0 Å². The summed E-state index contributed by atoms with van der Waals surface area (Å²) >= 11 is 11.0. The number of thiol groups is 3. The van der Waals surface area contributed by atoms with Gasteiger partial charge in [-0.15, -0.1) is 0 Å². The molecule has 0 aromatic carbocycles. The van der Waals surface area contributed by atoms with Crippen molar-refractivity contribution in [2.24, 2.45) is 0 Å². The van der Waals surface area contributed by atoms with Gasteiger partial charge < -0.3 is 30.8 Å². The molecule has 0 aromatic heterocycles. The quantitative estimate of drug-likeness (QED) is 0.170. The van der Waals surface area contributed by atoms with E-state index in [1.807, 2.05) is 0 Å². The fourth-order valence-electron chi connectivity index (χ4n) is 0.570. The first-order valence-corrected chi connectivity index (χ1v) is 9.03. The first kappa shape index (κ1) is 32.0. The molecular formula is C13H29NO8S3. The second kappa shape index (κ2) is 31.1. The largest absolute Gasteiger partial charge is 0.481 e. The van der Waals surface area contributed by atoms with Crippen LogP contribution in [0.4, 0.5) is 0 Å². The number of carboxylic acids is 3. The summed E-state index contributed by atoms with van der Waals surface area (Å²) in [7, 11) is 0. The van der Waals surface area contributed by atoms with Crippen molar-refractivity contribution in [3.63, 3.8) is 0 Å². The van der Waals surface area contributed by atoms with E-state index in [9.17, 15) is 14.4 Å². The van der Waals surface area contributed by atoms with Gasteiger partial charge in [0.2, 0.25) is 0 Å². The first-order valence-electron chi connectivity index (χ1n) is 7.13. The van der Waals surface area contributed by atoms with Crippen molar-refractivity contribution in [2.45, 2.75) is 19.3 Å². The molecule has 0 radical (unpaired) electrons. The van der Waals surface area contributed by atoms with E-state index in [-0.39, 0.29) is 32.5 Å². The van der Waals surface area contributed by atoms with E-state index in [2.05, 4.69) is 43.2 Å². The van der Waals surface area contributed by atoms with Crippen molar-refractivity contribution in [1.29, 1.82) is 0 Å². The Bertz CT molecular complexity index is 267. The molecule has 0 aliphatic rings. The molecule has 0 spiro atoms. The standard InChI is InChI=1S/C4H11NO2.3C3H6O2S/c6-3-1-5-2-4-7;3*4-3(5)1-2-6/h5-7H,1-4H2;3*6H,1-2H2,(H,4,5). The van der Waals surface area contributed by atoms with Crippen molar-refractivity contribution in [2.75, 3.05) is 43.6 Å². The van der Waals surface area contributed by atoms with Crippen LogP contribution in [0.2, 0.25) is 0 Å². The Morgan fingerprint density at radius 2 is 0.880 bits per heavy atom. The van der Waals surface area contributed by atoms with Crippen LogP contribution in [0.5, 0.6) is 0 Å². The van der Waals surface area contributed by atoms with Crippen LogP contribution in [0, 0.1) is 0 Å². The minimum absolute atomic E-state index is 0.139. The van der Waals surface area contributed by atoms with Gasteiger partial charge in [0.05, 0.1) is 32.5 Å². The number of hydrogen-bond donors (Lipinski definition) is 9. The molecule has 0 unspecified atom stereocenters. The van der Waals surface area contributed by atoms with Crippen LogP contribution in [-0.4, -0.2) is 87.0 Å². The van der Waals surface area contributed by atoms with Crippen LogP contribution >= 0.6 is 37.9 Å². The minimum Gasteiger partial charge on any atom is -0.481 e. The Morgan fingerprint density at radius 3 is 0.960 bits per heavy atom. The van der Waals surface area contributed by atoms with Gasteiger partial charge in [0, 0.05) is 30.3 Å². The number of carbonyl (C=O) groups is 3. The lowest BCUT2D eigenvalue weighted by atomic mass is 10.5. The minimum atomic E-state index is -0.787. The van der Waals surface area contributed by atoms with E-state index in [4.69, 9.17) is 25.5 Å². The maximum absolute atomic E-state index is 9.55. The first-order chi connectivity index (χ1) is 11.7. The van der Waals surface area contributed by atoms with Crippen molar-refractivity contribution in [1.82, 2.24) is 5.32 Å². The highest BCUT2D eigenvalue weighted by Crippen LogP contribution is 1.80. The zero-order chi connectivity index (χ0) is 20.5. The van der Waals surface area contributed by atoms with E-state index < -0.39 is 17.9 Å². The van der Waals surface area contributed by atoms with Gasteiger partial charge >= 0.3 is 17.9 Å². The lowest BCUT2D eigenvalue weighted by Gasteiger charge is -1.94. The molecule has 0 rings (SSSR count). The lowest BCUT2D eigenvalue weighted by Crippen LogP contribution is -2.21. The molecule has 6 N–H and O–H groups in total. The number of aliphatic hydroxyl groups is 2. The Balaban J connectivity index is -0.000000118. The number of rotatable bonds is 10. The summed E-state index contributed by atoms with van der Waals surface area (Å²) in [5.41, 5.74) is 0. The zero-order valence-corrected chi connectivity index (χ0v) is 16.6. The number of hydrogen-bond acceptors (Lipinski definition) is 9. The molecule has 0 saturated heterocycles. The van der Waals surface area contributed by atoms with Crippen LogP contribution in [0.15, 0.2) is 0 Å². The van der Waals surface area contributed by atoms with Crippen molar-refractivity contribution in [3.05, 3.63) is 0 Å². The average Bonchev–Trinajstić information content (AvgIpc) is 2.49. The monoisotopic (exact) mass is 423 g/mol. The topological polar surface area (TPSA) is 164 Å². The second-order valence-corrected chi connectivity index (χ2v) is 5.14. The third-order valence-corrected chi connectivity index (χ3v) is 2.22. The van der Waals surface area contributed by atoms with Crippen molar-refractivity contribution < 1.29 is 39.9 Å². The molecule has 25 heavy (non-hydrogen) atoms. The molecule has 0 amide bonds. The van der Waals surface area contributed by atoms with E-state index in [0.717, 1.165) is 0 Å². The summed E-state index contributed by atoms with van der Waals surface area (Å²) in [5, 5.41) is 42.7. The van der Waals surface area contributed by atoms with Crippen LogP contribution in [0.3, 0.4) is 0 Å². The molecular weight excluding hydrogens is 394 g/mol. The lowest BCUT2D eigenvalue weighted by molar-refractivity contribution is -0.137. The molecule has 0 saturated carbocycles. The van der Waals surface area contributed by atoms with Crippen LogP contribution in [-0.2, 0) is 14.4 Å². The summed E-state index contributed by atoms with van der Waals surface area (Å²) in [5.74, 6) is -1.08. The SMILES string of the molecule is O=C(O)CCS.O=C(O)CCS.O=C(O)CCS.OCCNCCO. The highest BCUT2D eigenvalue weighted by Gasteiger charge is 1.89. The highest BCUT2D eigenvalue weighted by atomic mass is 32.1. The van der Waals surface area contributed by atoms with Crippen LogP contribution in [0.25, 0.3) is 0 Å². The third-order valence-electron chi connectivity index (χ3n) is 1.55. The third kappa shape index (κ3) is 69.8. The van der Waals surface area contributed by atoms with Crippen LogP contribution < -0.4 is 5.32 Å². The molecule has 152 valence electrons. The fraction of sp³-hybridized carbons (Fsp3) is 0.769. The summed E-state index contributed by atoms with van der Waals surface area (Å²) < 4.78 is 0. The predicted molar refractivity (Wildman–Crippen MR) is 105 cm³/mol. The molecule has 12 heteroatoms. The van der Waals surface area contributed by atoms with Gasteiger partial charge in [0.15, 0.2) is 0 Å². The maximum atomic E-state index is 9.55. The van der Waals surface area contributed by atoms with Crippen LogP contribution in [0.1, 0.15) is 19.3 Å². The maximum Gasteiger partial charge on any atom is 0.304 e. The van der Waals surface area contributed by atoms with Crippen molar-refractivity contribution in [3.8, 4) is 0 Å². The molecule has 0 fully saturated rings. The normalized spacial score (nSPS) is 8.52. The Morgan fingerprint density at radius 1 is 0.640 bits per heavy atom. The summed E-state index contributed by atoms with van der Waals surface area (Å²) in [4.78, 5) is 28.7. The average molecular weight is 424 g/mol. The summed E-state index contributed by atoms with van der Waals surface area (Å²) in [6, 6.07) is 0. The second-order valence-electron chi connectivity index (χ2n) is 3.80. The molecule has 0 aliphatic heterocycles. The molecule has 0 heterocycles. The highest BCUT2D eigenvalue weighted by molar-refractivity contribution is 7.80. The summed E-state index contributed by atoms with van der Waals surface area (Å²) in [6.07, 6.45) is 0.468. The number of nitrogens with one attached hydrogen (secondary N) is 1. The predicted octanol–water partition coefficient (Wildman–Crippen LogP) is -0.267. The Labute approximate surface area is 164 Å². The van der Waals surface area contributed by atoms with E-state index >= 15 is 0 Å². The Hall–Kier alpha value is -0.660. The molecule has 0 aromatic rings. The molecule has 0 bridgehead atoms.